The van der Waals surface area contributed by atoms with Gasteiger partial charge in [0, 0.05) is 0 Å². The number of rotatable bonds is 4. The van der Waals surface area contributed by atoms with E-state index in [4.69, 9.17) is 0 Å². The maximum Gasteiger partial charge on any atom is -0.0118 e. The van der Waals surface area contributed by atoms with E-state index in [1.54, 1.807) is 0 Å². The van der Waals surface area contributed by atoms with Gasteiger partial charge in [0.25, 0.3) is 0 Å². The van der Waals surface area contributed by atoms with Crippen molar-refractivity contribution in [1.82, 2.24) is 0 Å². The fourth-order valence-electron chi connectivity index (χ4n) is 3.58. The van der Waals surface area contributed by atoms with Gasteiger partial charge < -0.3 is 0 Å². The number of hydrogen-bond acceptors (Lipinski definition) is 0. The van der Waals surface area contributed by atoms with E-state index < -0.39 is 0 Å². The van der Waals surface area contributed by atoms with E-state index in [9.17, 15) is 0 Å². The maximum absolute atomic E-state index is 4.04. The monoisotopic (exact) mass is 296 g/mol. The number of allylic oxidation sites excluding steroid dienone is 5. The molecule has 0 spiro atoms. The van der Waals surface area contributed by atoms with Crippen molar-refractivity contribution in [3.05, 3.63) is 62.8 Å². The lowest BCUT2D eigenvalue weighted by Gasteiger charge is -2.23. The first-order valence-electron chi connectivity index (χ1n) is 8.24. The highest BCUT2D eigenvalue weighted by molar-refractivity contribution is 5.85. The Labute approximate surface area is 137 Å². The normalized spacial score (nSPS) is 11.6. The predicted molar refractivity (Wildman–Crippen MR) is 102 cm³/mol. The van der Waals surface area contributed by atoms with Gasteiger partial charge in [0.05, 0.1) is 0 Å². The molecule has 1 aromatic rings. The quantitative estimate of drug-likeness (QED) is 0.536. The molecule has 0 bridgehead atoms. The van der Waals surface area contributed by atoms with Crippen molar-refractivity contribution in [2.75, 3.05) is 0 Å². The molecule has 0 heteroatoms. The highest BCUT2D eigenvalue weighted by Crippen LogP contribution is 2.36. The van der Waals surface area contributed by atoms with Gasteiger partial charge in [-0.05, 0) is 106 Å². The highest BCUT2D eigenvalue weighted by atomic mass is 14.2. The van der Waals surface area contributed by atoms with Crippen LogP contribution in [0.1, 0.15) is 68.0 Å². The van der Waals surface area contributed by atoms with Gasteiger partial charge in [0.1, 0.15) is 0 Å². The predicted octanol–water partition coefficient (Wildman–Crippen LogP) is 6.80. The fraction of sp³-hybridized carbons (Fsp3) is 0.455. The molecule has 0 aliphatic heterocycles. The van der Waals surface area contributed by atoms with Gasteiger partial charge in [-0.1, -0.05) is 30.7 Å². The summed E-state index contributed by atoms with van der Waals surface area (Å²) in [4.78, 5) is 0. The summed E-state index contributed by atoms with van der Waals surface area (Å²) in [5, 5.41) is 0. The van der Waals surface area contributed by atoms with E-state index in [1.807, 2.05) is 0 Å². The molecule has 0 fully saturated rings. The molecule has 0 aliphatic carbocycles. The van der Waals surface area contributed by atoms with Gasteiger partial charge in [-0.15, -0.1) is 0 Å². The van der Waals surface area contributed by atoms with E-state index in [0.29, 0.717) is 0 Å². The molecule has 0 aromatic heterocycles. The molecular formula is C22H32. The van der Waals surface area contributed by atoms with Gasteiger partial charge in [-0.25, -0.2) is 0 Å². The minimum absolute atomic E-state index is 1.10. The smallest absolute Gasteiger partial charge is 0.0118 e. The lowest BCUT2D eigenvalue weighted by Crippen LogP contribution is -2.06. The average Bonchev–Trinajstić information content (AvgIpc) is 2.40. The van der Waals surface area contributed by atoms with E-state index in [-0.39, 0.29) is 0 Å². The van der Waals surface area contributed by atoms with Crippen LogP contribution in [-0.4, -0.2) is 0 Å². The molecule has 0 saturated heterocycles. The van der Waals surface area contributed by atoms with Gasteiger partial charge in [-0.3, -0.25) is 0 Å². The summed E-state index contributed by atoms with van der Waals surface area (Å²) in [5.41, 5.74) is 13.8. The maximum atomic E-state index is 4.04. The highest BCUT2D eigenvalue weighted by Gasteiger charge is 2.18. The molecule has 0 radical (unpaired) electrons. The SMILES string of the molecule is C=C(C)/C=C(/C)C(=C(C)C)c1c(C)c(C)c(CC)c(C)c1C. The molecule has 0 heterocycles. The van der Waals surface area contributed by atoms with Gasteiger partial charge in [0.15, 0.2) is 0 Å². The first-order chi connectivity index (χ1) is 10.1. The lowest BCUT2D eigenvalue weighted by molar-refractivity contribution is 1.04. The van der Waals surface area contributed by atoms with Crippen LogP contribution < -0.4 is 0 Å². The Kier molecular flexibility index (Phi) is 6.00. The lowest BCUT2D eigenvalue weighted by atomic mass is 9.81. The Bertz CT molecular complexity index is 631. The van der Waals surface area contributed by atoms with Crippen LogP contribution in [-0.2, 0) is 6.42 Å². The van der Waals surface area contributed by atoms with E-state index in [1.165, 1.54) is 50.1 Å². The fourth-order valence-corrected chi connectivity index (χ4v) is 3.58. The zero-order valence-electron chi connectivity index (χ0n) is 16.0. The van der Waals surface area contributed by atoms with Crippen LogP contribution in [0.4, 0.5) is 0 Å². The van der Waals surface area contributed by atoms with Crippen LogP contribution in [0.5, 0.6) is 0 Å². The summed E-state index contributed by atoms with van der Waals surface area (Å²) < 4.78 is 0. The Hall–Kier alpha value is -1.56. The summed E-state index contributed by atoms with van der Waals surface area (Å²) in [6.45, 7) is 24.1. The summed E-state index contributed by atoms with van der Waals surface area (Å²) in [5.74, 6) is 0. The van der Waals surface area contributed by atoms with Crippen molar-refractivity contribution in [3.63, 3.8) is 0 Å². The minimum Gasteiger partial charge on any atom is -0.0961 e. The Morgan fingerprint density at radius 3 is 1.64 bits per heavy atom. The molecule has 0 nitrogen and oxygen atoms in total. The molecule has 1 aromatic carbocycles. The minimum atomic E-state index is 1.10. The van der Waals surface area contributed by atoms with Gasteiger partial charge in [0.2, 0.25) is 0 Å². The first-order valence-corrected chi connectivity index (χ1v) is 8.24. The average molecular weight is 296 g/mol. The van der Waals surface area contributed by atoms with Crippen LogP contribution in [0.3, 0.4) is 0 Å². The summed E-state index contributed by atoms with van der Waals surface area (Å²) >= 11 is 0. The van der Waals surface area contributed by atoms with Crippen LogP contribution in [0.2, 0.25) is 0 Å². The zero-order chi connectivity index (χ0) is 17.2. The zero-order valence-corrected chi connectivity index (χ0v) is 16.0. The topological polar surface area (TPSA) is 0 Å². The second-order valence-corrected chi connectivity index (χ2v) is 6.76. The molecule has 0 aliphatic rings. The van der Waals surface area contributed by atoms with E-state index in [0.717, 1.165) is 12.0 Å². The molecule has 0 atom stereocenters. The third-order valence-electron chi connectivity index (χ3n) is 4.74. The molecule has 120 valence electrons. The Balaban J connectivity index is 3.82. The molecule has 0 saturated carbocycles. The van der Waals surface area contributed by atoms with Crippen molar-refractivity contribution in [3.8, 4) is 0 Å². The van der Waals surface area contributed by atoms with Gasteiger partial charge >= 0.3 is 0 Å². The van der Waals surface area contributed by atoms with Crippen LogP contribution in [0, 0.1) is 27.7 Å². The van der Waals surface area contributed by atoms with Crippen molar-refractivity contribution < 1.29 is 0 Å². The molecule has 0 amide bonds. The first kappa shape index (κ1) is 18.5. The molecular weight excluding hydrogens is 264 g/mol. The number of hydrogen-bond donors (Lipinski definition) is 0. The van der Waals surface area contributed by atoms with Crippen molar-refractivity contribution in [2.45, 2.75) is 68.7 Å². The molecule has 0 N–H and O–H groups in total. The Morgan fingerprint density at radius 2 is 1.32 bits per heavy atom. The second-order valence-electron chi connectivity index (χ2n) is 6.76. The Morgan fingerprint density at radius 1 is 0.864 bits per heavy atom. The van der Waals surface area contributed by atoms with Crippen LogP contribution in [0.15, 0.2) is 29.4 Å². The summed E-state index contributed by atoms with van der Waals surface area (Å²) in [6, 6.07) is 0. The van der Waals surface area contributed by atoms with Crippen molar-refractivity contribution in [2.24, 2.45) is 0 Å². The van der Waals surface area contributed by atoms with E-state index >= 15 is 0 Å². The van der Waals surface area contributed by atoms with Crippen molar-refractivity contribution >= 4 is 5.57 Å². The molecule has 0 unspecified atom stereocenters. The third kappa shape index (κ3) is 3.43. The number of benzene rings is 1. The third-order valence-corrected chi connectivity index (χ3v) is 4.74. The molecule has 22 heavy (non-hydrogen) atoms. The second kappa shape index (κ2) is 7.13. The van der Waals surface area contributed by atoms with Gasteiger partial charge in [-0.2, -0.15) is 0 Å². The largest absolute Gasteiger partial charge is 0.0961 e. The van der Waals surface area contributed by atoms with Crippen molar-refractivity contribution in [1.29, 1.82) is 0 Å². The van der Waals surface area contributed by atoms with Crippen LogP contribution >= 0.6 is 0 Å². The summed E-state index contributed by atoms with van der Waals surface area (Å²) in [6.07, 6.45) is 3.30. The standard InChI is InChI=1S/C22H32/c1-11-20-16(7)18(9)22(19(10)17(20)8)21(14(4)5)15(6)12-13(2)3/h12H,2,11H2,1,3-10H3/b15-12-. The molecule has 1 rings (SSSR count). The summed E-state index contributed by atoms with van der Waals surface area (Å²) in [7, 11) is 0. The van der Waals surface area contributed by atoms with E-state index in [2.05, 4.69) is 75.0 Å². The van der Waals surface area contributed by atoms with Crippen LogP contribution in [0.25, 0.3) is 5.57 Å².